The summed E-state index contributed by atoms with van der Waals surface area (Å²) in [5, 5.41) is 6.22. The highest BCUT2D eigenvalue weighted by Gasteiger charge is 1.98. The van der Waals surface area contributed by atoms with Crippen LogP contribution in [0.5, 0.6) is 0 Å². The van der Waals surface area contributed by atoms with E-state index in [4.69, 9.17) is 0 Å². The van der Waals surface area contributed by atoms with Crippen molar-refractivity contribution < 1.29 is 0 Å². The van der Waals surface area contributed by atoms with Crippen LogP contribution >= 0.6 is 0 Å². The number of nitrogens with zero attached hydrogens (tertiary/aromatic N) is 3. The fourth-order valence-corrected chi connectivity index (χ4v) is 1.46. The number of hydrogen-bond donors (Lipinski definition) is 2. The Balaban J connectivity index is 2.02. The molecule has 2 heterocycles. The van der Waals surface area contributed by atoms with Gasteiger partial charge in [-0.15, -0.1) is 0 Å². The van der Waals surface area contributed by atoms with E-state index < -0.39 is 0 Å². The maximum Gasteiger partial charge on any atom is 0.128 e. The summed E-state index contributed by atoms with van der Waals surface area (Å²) in [5.41, 5.74) is 0.953. The van der Waals surface area contributed by atoms with Gasteiger partial charge in [0.1, 0.15) is 17.5 Å². The molecule has 0 bridgehead atoms. The molecule has 2 rings (SSSR count). The van der Waals surface area contributed by atoms with Crippen molar-refractivity contribution in [3.05, 3.63) is 42.0 Å². The predicted molar refractivity (Wildman–Crippen MR) is 67.9 cm³/mol. The van der Waals surface area contributed by atoms with Gasteiger partial charge in [-0.2, -0.15) is 0 Å². The van der Waals surface area contributed by atoms with Crippen molar-refractivity contribution in [1.82, 2.24) is 15.0 Å². The van der Waals surface area contributed by atoms with Gasteiger partial charge in [0, 0.05) is 13.2 Å². The minimum absolute atomic E-state index is 0.642. The lowest BCUT2D eigenvalue weighted by molar-refractivity contribution is 0.950. The van der Waals surface area contributed by atoms with Gasteiger partial charge < -0.3 is 10.6 Å². The van der Waals surface area contributed by atoms with E-state index in [1.165, 1.54) is 0 Å². The van der Waals surface area contributed by atoms with E-state index in [2.05, 4.69) is 25.6 Å². The minimum Gasteiger partial charge on any atom is -0.373 e. The van der Waals surface area contributed by atoms with Crippen LogP contribution in [-0.2, 0) is 6.54 Å². The van der Waals surface area contributed by atoms with Gasteiger partial charge in [-0.05, 0) is 25.1 Å². The Morgan fingerprint density at radius 1 is 1.12 bits per heavy atom. The number of aromatic nitrogens is 3. The second-order valence-corrected chi connectivity index (χ2v) is 3.61. The molecule has 2 aromatic heterocycles. The van der Waals surface area contributed by atoms with Gasteiger partial charge in [0.15, 0.2) is 0 Å². The molecule has 0 aliphatic rings. The SMILES string of the molecule is CNc1cccc(NCc2ccnc(C)n2)n1. The number of hydrogen-bond acceptors (Lipinski definition) is 5. The summed E-state index contributed by atoms with van der Waals surface area (Å²) in [4.78, 5) is 12.7. The van der Waals surface area contributed by atoms with Gasteiger partial charge in [-0.25, -0.2) is 15.0 Å². The third-order valence-corrected chi connectivity index (χ3v) is 2.29. The molecule has 0 fully saturated rings. The maximum absolute atomic E-state index is 4.36. The molecule has 0 aliphatic heterocycles. The fraction of sp³-hybridized carbons (Fsp3) is 0.250. The fourth-order valence-electron chi connectivity index (χ4n) is 1.46. The van der Waals surface area contributed by atoms with Crippen molar-refractivity contribution >= 4 is 11.6 Å². The summed E-state index contributed by atoms with van der Waals surface area (Å²) < 4.78 is 0. The number of aryl methyl sites for hydroxylation is 1. The van der Waals surface area contributed by atoms with Gasteiger partial charge in [0.25, 0.3) is 0 Å². The molecule has 0 aromatic carbocycles. The molecule has 5 nitrogen and oxygen atoms in total. The molecule has 5 heteroatoms. The van der Waals surface area contributed by atoms with Crippen molar-refractivity contribution in [1.29, 1.82) is 0 Å². The Bertz CT molecular complexity index is 498. The van der Waals surface area contributed by atoms with Crippen LogP contribution in [0.1, 0.15) is 11.5 Å². The number of nitrogens with one attached hydrogen (secondary N) is 2. The smallest absolute Gasteiger partial charge is 0.128 e. The maximum atomic E-state index is 4.36. The third kappa shape index (κ3) is 3.14. The zero-order valence-corrected chi connectivity index (χ0v) is 9.94. The van der Waals surface area contributed by atoms with E-state index in [9.17, 15) is 0 Å². The average Bonchev–Trinajstić information content (AvgIpc) is 2.37. The zero-order chi connectivity index (χ0) is 12.1. The highest BCUT2D eigenvalue weighted by atomic mass is 15.1. The summed E-state index contributed by atoms with van der Waals surface area (Å²) in [5.74, 6) is 2.45. The van der Waals surface area contributed by atoms with Gasteiger partial charge in [0.2, 0.25) is 0 Å². The highest BCUT2D eigenvalue weighted by Crippen LogP contribution is 2.09. The van der Waals surface area contributed by atoms with Crippen molar-refractivity contribution in [3.63, 3.8) is 0 Å². The topological polar surface area (TPSA) is 62.7 Å². The van der Waals surface area contributed by atoms with Gasteiger partial charge in [0.05, 0.1) is 12.2 Å². The monoisotopic (exact) mass is 229 g/mol. The Labute approximate surface area is 100 Å². The van der Waals surface area contributed by atoms with Crippen LogP contribution in [0.4, 0.5) is 11.6 Å². The van der Waals surface area contributed by atoms with Crippen molar-refractivity contribution in [2.45, 2.75) is 13.5 Å². The molecule has 0 saturated carbocycles. The zero-order valence-electron chi connectivity index (χ0n) is 9.94. The lowest BCUT2D eigenvalue weighted by atomic mass is 10.3. The van der Waals surface area contributed by atoms with E-state index >= 15 is 0 Å². The second kappa shape index (κ2) is 5.25. The summed E-state index contributed by atoms with van der Waals surface area (Å²) >= 11 is 0. The van der Waals surface area contributed by atoms with E-state index in [0.29, 0.717) is 6.54 Å². The summed E-state index contributed by atoms with van der Waals surface area (Å²) in [6.07, 6.45) is 1.76. The number of pyridine rings is 1. The first-order chi connectivity index (χ1) is 8.28. The van der Waals surface area contributed by atoms with E-state index in [0.717, 1.165) is 23.2 Å². The molecular weight excluding hydrogens is 214 g/mol. The van der Waals surface area contributed by atoms with E-state index in [1.54, 1.807) is 6.20 Å². The van der Waals surface area contributed by atoms with E-state index in [-0.39, 0.29) is 0 Å². The average molecular weight is 229 g/mol. The quantitative estimate of drug-likeness (QED) is 0.837. The standard InChI is InChI=1S/C12H15N5/c1-9-14-7-6-10(16-9)8-15-12-5-3-4-11(13-2)17-12/h3-7H,8H2,1-2H3,(H2,13,15,17). The Morgan fingerprint density at radius 3 is 2.71 bits per heavy atom. The van der Waals surface area contributed by atoms with Crippen molar-refractivity contribution in [2.24, 2.45) is 0 Å². The van der Waals surface area contributed by atoms with E-state index in [1.807, 2.05) is 38.2 Å². The summed E-state index contributed by atoms with van der Waals surface area (Å²) in [7, 11) is 1.85. The van der Waals surface area contributed by atoms with Crippen LogP contribution in [-0.4, -0.2) is 22.0 Å². The predicted octanol–water partition coefficient (Wildman–Crippen LogP) is 1.83. The largest absolute Gasteiger partial charge is 0.373 e. The van der Waals surface area contributed by atoms with Crippen molar-refractivity contribution in [2.75, 3.05) is 17.7 Å². The molecular formula is C12H15N5. The van der Waals surface area contributed by atoms with Gasteiger partial charge in [-0.3, -0.25) is 0 Å². The summed E-state index contributed by atoms with van der Waals surface area (Å²) in [6.45, 7) is 2.52. The highest BCUT2D eigenvalue weighted by molar-refractivity contribution is 5.44. The molecule has 0 saturated heterocycles. The molecule has 88 valence electrons. The van der Waals surface area contributed by atoms with Crippen LogP contribution in [0.3, 0.4) is 0 Å². The van der Waals surface area contributed by atoms with Gasteiger partial charge in [-0.1, -0.05) is 6.07 Å². The number of rotatable bonds is 4. The van der Waals surface area contributed by atoms with Gasteiger partial charge >= 0.3 is 0 Å². The first-order valence-corrected chi connectivity index (χ1v) is 5.45. The molecule has 0 unspecified atom stereocenters. The second-order valence-electron chi connectivity index (χ2n) is 3.61. The summed E-state index contributed by atoms with van der Waals surface area (Å²) in [6, 6.07) is 7.68. The Kier molecular flexibility index (Phi) is 3.49. The third-order valence-electron chi connectivity index (χ3n) is 2.29. The molecule has 2 N–H and O–H groups in total. The minimum atomic E-state index is 0.642. The molecule has 0 spiro atoms. The van der Waals surface area contributed by atoms with Crippen LogP contribution in [0, 0.1) is 6.92 Å². The van der Waals surface area contributed by atoms with Crippen LogP contribution < -0.4 is 10.6 Å². The van der Waals surface area contributed by atoms with Crippen LogP contribution in [0.25, 0.3) is 0 Å². The Hall–Kier alpha value is -2.17. The lowest BCUT2D eigenvalue weighted by Gasteiger charge is -2.07. The first-order valence-electron chi connectivity index (χ1n) is 5.45. The molecule has 17 heavy (non-hydrogen) atoms. The molecule has 0 amide bonds. The Morgan fingerprint density at radius 2 is 1.94 bits per heavy atom. The van der Waals surface area contributed by atoms with Crippen molar-refractivity contribution in [3.8, 4) is 0 Å². The molecule has 0 radical (unpaired) electrons. The van der Waals surface area contributed by atoms with Crippen LogP contribution in [0.2, 0.25) is 0 Å². The first kappa shape index (κ1) is 11.3. The molecule has 0 aliphatic carbocycles. The number of anilines is 2. The van der Waals surface area contributed by atoms with Crippen LogP contribution in [0.15, 0.2) is 30.5 Å². The lowest BCUT2D eigenvalue weighted by Crippen LogP contribution is -2.05. The molecule has 0 atom stereocenters. The molecule has 2 aromatic rings. The normalized spacial score (nSPS) is 10.0.